The normalized spacial score (nSPS) is 13.8. The van der Waals surface area contributed by atoms with Crippen LogP contribution in [-0.4, -0.2) is 32.3 Å². The summed E-state index contributed by atoms with van der Waals surface area (Å²) in [5.41, 5.74) is 5.13. The third kappa shape index (κ3) is 2.90. The average molecular weight is 389 g/mol. The maximum absolute atomic E-state index is 13.4. The van der Waals surface area contributed by atoms with Crippen molar-refractivity contribution >= 4 is 16.8 Å². The zero-order valence-corrected chi connectivity index (χ0v) is 16.2. The SMILES string of the molecule is CNC(=O)c1c2cc(C3CC3)c(-c3cncn3C)cc2nn1-c1ccc(F)cc1. The van der Waals surface area contributed by atoms with Crippen molar-refractivity contribution in [3.8, 4) is 16.9 Å². The molecule has 0 unspecified atom stereocenters. The number of fused-ring (bicyclic) bond motifs is 1. The van der Waals surface area contributed by atoms with Crippen LogP contribution in [0.2, 0.25) is 0 Å². The average Bonchev–Trinajstić information content (AvgIpc) is 3.38. The summed E-state index contributed by atoms with van der Waals surface area (Å²) in [6.07, 6.45) is 5.91. The molecule has 7 heteroatoms. The van der Waals surface area contributed by atoms with Crippen LogP contribution in [0, 0.1) is 5.82 Å². The van der Waals surface area contributed by atoms with Crippen molar-refractivity contribution < 1.29 is 9.18 Å². The molecule has 1 aliphatic rings. The minimum Gasteiger partial charge on any atom is -0.354 e. The number of halogens is 1. The van der Waals surface area contributed by atoms with Crippen molar-refractivity contribution in [1.82, 2.24) is 24.6 Å². The second kappa shape index (κ2) is 6.55. The number of imidazole rings is 1. The first-order valence-corrected chi connectivity index (χ1v) is 9.58. The van der Waals surface area contributed by atoms with Crippen LogP contribution in [0.25, 0.3) is 27.8 Å². The number of amides is 1. The maximum Gasteiger partial charge on any atom is 0.270 e. The van der Waals surface area contributed by atoms with Gasteiger partial charge in [-0.15, -0.1) is 0 Å². The Hall–Kier alpha value is -3.48. The van der Waals surface area contributed by atoms with E-state index in [0.29, 0.717) is 22.8 Å². The molecule has 2 heterocycles. The van der Waals surface area contributed by atoms with Crippen molar-refractivity contribution in [1.29, 1.82) is 0 Å². The molecule has 0 aliphatic heterocycles. The van der Waals surface area contributed by atoms with Crippen LogP contribution in [0.3, 0.4) is 0 Å². The third-order valence-electron chi connectivity index (χ3n) is 5.47. The van der Waals surface area contributed by atoms with Gasteiger partial charge in [-0.1, -0.05) is 0 Å². The van der Waals surface area contributed by atoms with Crippen LogP contribution in [0.1, 0.15) is 34.8 Å². The number of hydrogen-bond donors (Lipinski definition) is 1. The third-order valence-corrected chi connectivity index (χ3v) is 5.47. The van der Waals surface area contributed by atoms with Gasteiger partial charge in [0, 0.05) is 25.0 Å². The van der Waals surface area contributed by atoms with Crippen LogP contribution >= 0.6 is 0 Å². The molecule has 0 bridgehead atoms. The van der Waals surface area contributed by atoms with E-state index in [1.165, 1.54) is 17.7 Å². The lowest BCUT2D eigenvalue weighted by atomic mass is 9.97. The summed E-state index contributed by atoms with van der Waals surface area (Å²) in [6.45, 7) is 0. The zero-order chi connectivity index (χ0) is 20.1. The van der Waals surface area contributed by atoms with E-state index in [1.807, 2.05) is 23.9 Å². The van der Waals surface area contributed by atoms with Gasteiger partial charge in [-0.3, -0.25) is 4.79 Å². The highest BCUT2D eigenvalue weighted by atomic mass is 19.1. The molecule has 0 spiro atoms. The first kappa shape index (κ1) is 17.6. The molecule has 6 nitrogen and oxygen atoms in total. The van der Waals surface area contributed by atoms with Crippen molar-refractivity contribution in [3.05, 3.63) is 66.0 Å². The first-order chi connectivity index (χ1) is 14.1. The van der Waals surface area contributed by atoms with Crippen LogP contribution in [0.5, 0.6) is 0 Å². The number of hydrogen-bond acceptors (Lipinski definition) is 3. The van der Waals surface area contributed by atoms with Crippen molar-refractivity contribution in [3.63, 3.8) is 0 Å². The molecule has 1 N–H and O–H groups in total. The predicted molar refractivity (Wildman–Crippen MR) is 109 cm³/mol. The Morgan fingerprint density at radius 3 is 2.59 bits per heavy atom. The van der Waals surface area contributed by atoms with E-state index in [4.69, 9.17) is 5.10 Å². The molecule has 0 atom stereocenters. The number of nitrogens with one attached hydrogen (secondary N) is 1. The largest absolute Gasteiger partial charge is 0.354 e. The van der Waals surface area contributed by atoms with Gasteiger partial charge in [-0.05, 0) is 60.7 Å². The van der Waals surface area contributed by atoms with E-state index in [2.05, 4.69) is 16.4 Å². The monoisotopic (exact) mass is 389 g/mol. The van der Waals surface area contributed by atoms with Gasteiger partial charge in [-0.25, -0.2) is 14.1 Å². The molecule has 1 aliphatic carbocycles. The Kier molecular flexibility index (Phi) is 3.97. The Labute approximate surface area is 167 Å². The topological polar surface area (TPSA) is 64.7 Å². The van der Waals surface area contributed by atoms with Crippen molar-refractivity contribution in [2.75, 3.05) is 7.05 Å². The molecule has 1 saturated carbocycles. The number of carbonyl (C=O) groups is 1. The summed E-state index contributed by atoms with van der Waals surface area (Å²) >= 11 is 0. The first-order valence-electron chi connectivity index (χ1n) is 9.58. The fourth-order valence-corrected chi connectivity index (χ4v) is 3.83. The second-order valence-corrected chi connectivity index (χ2v) is 7.44. The van der Waals surface area contributed by atoms with E-state index in [1.54, 1.807) is 30.2 Å². The Morgan fingerprint density at radius 1 is 1.21 bits per heavy atom. The zero-order valence-electron chi connectivity index (χ0n) is 16.2. The highest BCUT2D eigenvalue weighted by molar-refractivity contribution is 6.06. The van der Waals surface area contributed by atoms with E-state index in [9.17, 15) is 9.18 Å². The molecule has 4 aromatic rings. The molecule has 2 aromatic heterocycles. The molecule has 0 radical (unpaired) electrons. The summed E-state index contributed by atoms with van der Waals surface area (Å²) in [5, 5.41) is 8.21. The smallest absolute Gasteiger partial charge is 0.270 e. The minimum absolute atomic E-state index is 0.230. The van der Waals surface area contributed by atoms with Gasteiger partial charge in [-0.2, -0.15) is 5.10 Å². The van der Waals surface area contributed by atoms with Gasteiger partial charge in [0.15, 0.2) is 0 Å². The highest BCUT2D eigenvalue weighted by Gasteiger charge is 2.29. The maximum atomic E-state index is 13.4. The summed E-state index contributed by atoms with van der Waals surface area (Å²) in [7, 11) is 3.57. The lowest BCUT2D eigenvalue weighted by molar-refractivity contribution is 0.0957. The lowest BCUT2D eigenvalue weighted by Gasteiger charge is -2.10. The molecular weight excluding hydrogens is 369 g/mol. The van der Waals surface area contributed by atoms with Gasteiger partial charge in [0.1, 0.15) is 11.5 Å². The quantitative estimate of drug-likeness (QED) is 0.577. The van der Waals surface area contributed by atoms with Gasteiger partial charge in [0.2, 0.25) is 0 Å². The van der Waals surface area contributed by atoms with Gasteiger partial charge in [0.25, 0.3) is 5.91 Å². The number of carbonyl (C=O) groups excluding carboxylic acids is 1. The lowest BCUT2D eigenvalue weighted by Crippen LogP contribution is -2.21. The highest BCUT2D eigenvalue weighted by Crippen LogP contribution is 2.46. The van der Waals surface area contributed by atoms with Gasteiger partial charge < -0.3 is 9.88 Å². The van der Waals surface area contributed by atoms with Crippen LogP contribution in [0.4, 0.5) is 4.39 Å². The number of benzene rings is 2. The summed E-state index contributed by atoms with van der Waals surface area (Å²) < 4.78 is 17.0. The molecule has 5 rings (SSSR count). The Balaban J connectivity index is 1.80. The molecule has 1 fully saturated rings. The predicted octanol–water partition coefficient (Wildman–Crippen LogP) is 3.80. The molecular formula is C22H20FN5O. The van der Waals surface area contributed by atoms with Crippen molar-refractivity contribution in [2.24, 2.45) is 7.05 Å². The molecule has 146 valence electrons. The van der Waals surface area contributed by atoms with E-state index in [0.717, 1.165) is 29.5 Å². The summed E-state index contributed by atoms with van der Waals surface area (Å²) in [5.74, 6) is -0.0793. The van der Waals surface area contributed by atoms with Crippen LogP contribution in [0.15, 0.2) is 48.9 Å². The Bertz CT molecular complexity index is 1230. The van der Waals surface area contributed by atoms with Crippen LogP contribution in [-0.2, 0) is 7.05 Å². The molecule has 29 heavy (non-hydrogen) atoms. The Morgan fingerprint density at radius 2 is 1.97 bits per heavy atom. The van der Waals surface area contributed by atoms with E-state index < -0.39 is 0 Å². The van der Waals surface area contributed by atoms with Crippen molar-refractivity contribution in [2.45, 2.75) is 18.8 Å². The number of rotatable bonds is 4. The molecule has 1 amide bonds. The standard InChI is InChI=1S/C22H20FN5O/c1-24-22(29)21-18-9-16(13-3-4-13)17(20-11-25-12-27(20)2)10-19(18)26-28(21)15-7-5-14(23)6-8-15/h5-13H,3-4H2,1-2H3,(H,24,29). The molecule has 0 saturated heterocycles. The van der Waals surface area contributed by atoms with E-state index in [-0.39, 0.29) is 11.7 Å². The van der Waals surface area contributed by atoms with Crippen LogP contribution < -0.4 is 5.32 Å². The number of nitrogens with zero attached hydrogens (tertiary/aromatic N) is 4. The van der Waals surface area contributed by atoms with Gasteiger partial charge >= 0.3 is 0 Å². The fourth-order valence-electron chi connectivity index (χ4n) is 3.83. The number of aryl methyl sites for hydroxylation is 1. The molecule has 2 aromatic carbocycles. The summed E-state index contributed by atoms with van der Waals surface area (Å²) in [6, 6.07) is 10.1. The summed E-state index contributed by atoms with van der Waals surface area (Å²) in [4.78, 5) is 17.0. The van der Waals surface area contributed by atoms with Gasteiger partial charge in [0.05, 0.1) is 29.4 Å². The van der Waals surface area contributed by atoms with E-state index >= 15 is 0 Å². The minimum atomic E-state index is -0.332. The fraction of sp³-hybridized carbons (Fsp3) is 0.227. The second-order valence-electron chi connectivity index (χ2n) is 7.44. The number of aromatic nitrogens is 4.